The SMILES string of the molecule is CCC1=CC2CCCCCCCC2O1. The Morgan fingerprint density at radius 2 is 1.86 bits per heavy atom. The Kier molecular flexibility index (Phi) is 3.49. The molecule has 1 nitrogen and oxygen atoms in total. The zero-order chi connectivity index (χ0) is 9.80. The molecule has 0 amide bonds. The third-order valence-corrected chi connectivity index (χ3v) is 3.55. The van der Waals surface area contributed by atoms with Crippen molar-refractivity contribution in [1.29, 1.82) is 0 Å². The highest BCUT2D eigenvalue weighted by atomic mass is 16.5. The Hall–Kier alpha value is -0.460. The smallest absolute Gasteiger partial charge is 0.105 e. The highest BCUT2D eigenvalue weighted by Crippen LogP contribution is 2.33. The largest absolute Gasteiger partial charge is 0.494 e. The fourth-order valence-electron chi connectivity index (χ4n) is 2.67. The van der Waals surface area contributed by atoms with Gasteiger partial charge < -0.3 is 4.74 Å². The van der Waals surface area contributed by atoms with Crippen LogP contribution in [0.25, 0.3) is 0 Å². The van der Waals surface area contributed by atoms with Gasteiger partial charge in [0, 0.05) is 12.3 Å². The summed E-state index contributed by atoms with van der Waals surface area (Å²) >= 11 is 0. The maximum absolute atomic E-state index is 5.97. The molecular weight excluding hydrogens is 172 g/mol. The molecule has 14 heavy (non-hydrogen) atoms. The fourth-order valence-corrected chi connectivity index (χ4v) is 2.67. The van der Waals surface area contributed by atoms with Crippen molar-refractivity contribution in [2.24, 2.45) is 5.92 Å². The minimum absolute atomic E-state index is 0.531. The number of rotatable bonds is 1. The van der Waals surface area contributed by atoms with Gasteiger partial charge in [0.25, 0.3) is 0 Å². The van der Waals surface area contributed by atoms with E-state index in [0.717, 1.165) is 12.3 Å². The molecule has 0 aromatic rings. The molecule has 1 aliphatic carbocycles. The molecule has 2 rings (SSSR count). The second-order valence-corrected chi connectivity index (χ2v) is 4.65. The van der Waals surface area contributed by atoms with Crippen LogP contribution >= 0.6 is 0 Å². The number of ether oxygens (including phenoxy) is 1. The van der Waals surface area contributed by atoms with Gasteiger partial charge in [0.1, 0.15) is 6.10 Å². The Morgan fingerprint density at radius 1 is 1.14 bits per heavy atom. The van der Waals surface area contributed by atoms with Crippen molar-refractivity contribution >= 4 is 0 Å². The molecule has 0 radical (unpaired) electrons. The fraction of sp³-hybridized carbons (Fsp3) is 0.846. The number of hydrogen-bond acceptors (Lipinski definition) is 1. The first-order valence-electron chi connectivity index (χ1n) is 6.27. The maximum atomic E-state index is 5.97. The van der Waals surface area contributed by atoms with E-state index >= 15 is 0 Å². The first kappa shape index (κ1) is 10.1. The normalized spacial score (nSPS) is 33.4. The van der Waals surface area contributed by atoms with Gasteiger partial charge in [-0.15, -0.1) is 0 Å². The van der Waals surface area contributed by atoms with Gasteiger partial charge in [-0.05, 0) is 25.3 Å². The predicted octanol–water partition coefficient (Wildman–Crippen LogP) is 4.04. The van der Waals surface area contributed by atoms with E-state index in [9.17, 15) is 0 Å². The Bertz CT molecular complexity index is 207. The Labute approximate surface area is 87.5 Å². The van der Waals surface area contributed by atoms with Crippen molar-refractivity contribution in [2.75, 3.05) is 0 Å². The van der Waals surface area contributed by atoms with Crippen LogP contribution in [0.1, 0.15) is 58.3 Å². The third-order valence-electron chi connectivity index (χ3n) is 3.55. The minimum atomic E-state index is 0.531. The summed E-state index contributed by atoms with van der Waals surface area (Å²) in [6, 6.07) is 0. The van der Waals surface area contributed by atoms with Crippen LogP contribution in [0.15, 0.2) is 11.8 Å². The molecule has 0 aromatic carbocycles. The molecule has 0 bridgehead atoms. The van der Waals surface area contributed by atoms with Gasteiger partial charge >= 0.3 is 0 Å². The molecule has 1 heteroatoms. The van der Waals surface area contributed by atoms with Crippen LogP contribution in [0.2, 0.25) is 0 Å². The zero-order valence-corrected chi connectivity index (χ0v) is 9.30. The Balaban J connectivity index is 1.95. The summed E-state index contributed by atoms with van der Waals surface area (Å²) < 4.78 is 5.97. The molecule has 2 atom stereocenters. The molecule has 1 heterocycles. The van der Waals surface area contributed by atoms with Gasteiger partial charge in [-0.25, -0.2) is 0 Å². The van der Waals surface area contributed by atoms with Crippen LogP contribution in [0.3, 0.4) is 0 Å². The molecule has 0 spiro atoms. The average Bonchev–Trinajstić information content (AvgIpc) is 2.60. The van der Waals surface area contributed by atoms with Gasteiger partial charge in [-0.1, -0.05) is 32.6 Å². The van der Waals surface area contributed by atoms with Crippen molar-refractivity contribution in [2.45, 2.75) is 64.4 Å². The van der Waals surface area contributed by atoms with Gasteiger partial charge in [0.15, 0.2) is 0 Å². The molecule has 2 aliphatic rings. The summed E-state index contributed by atoms with van der Waals surface area (Å²) in [6.45, 7) is 2.19. The summed E-state index contributed by atoms with van der Waals surface area (Å²) in [5.41, 5.74) is 0. The third kappa shape index (κ3) is 2.31. The lowest BCUT2D eigenvalue weighted by Gasteiger charge is -2.18. The van der Waals surface area contributed by atoms with Crippen LogP contribution in [-0.4, -0.2) is 6.10 Å². The van der Waals surface area contributed by atoms with Crippen molar-refractivity contribution in [1.82, 2.24) is 0 Å². The zero-order valence-electron chi connectivity index (χ0n) is 9.30. The maximum Gasteiger partial charge on any atom is 0.105 e. The topological polar surface area (TPSA) is 9.23 Å². The van der Waals surface area contributed by atoms with E-state index in [1.165, 1.54) is 50.7 Å². The molecule has 1 aliphatic heterocycles. The molecule has 0 N–H and O–H groups in total. The van der Waals surface area contributed by atoms with Crippen molar-refractivity contribution in [3.05, 3.63) is 11.8 Å². The molecule has 0 saturated heterocycles. The van der Waals surface area contributed by atoms with Crippen LogP contribution < -0.4 is 0 Å². The summed E-state index contributed by atoms with van der Waals surface area (Å²) in [5.74, 6) is 1.99. The van der Waals surface area contributed by atoms with E-state index in [-0.39, 0.29) is 0 Å². The second kappa shape index (κ2) is 4.86. The monoisotopic (exact) mass is 194 g/mol. The molecule has 80 valence electrons. The highest BCUT2D eigenvalue weighted by molar-refractivity contribution is 5.06. The van der Waals surface area contributed by atoms with Crippen molar-refractivity contribution in [3.8, 4) is 0 Å². The summed E-state index contributed by atoms with van der Waals surface area (Å²) in [4.78, 5) is 0. The first-order chi connectivity index (χ1) is 6.90. The van der Waals surface area contributed by atoms with Gasteiger partial charge in [-0.3, -0.25) is 0 Å². The van der Waals surface area contributed by atoms with E-state index in [1.807, 2.05) is 0 Å². The van der Waals surface area contributed by atoms with Gasteiger partial charge in [0.2, 0.25) is 0 Å². The lowest BCUT2D eigenvalue weighted by molar-refractivity contribution is 0.0962. The number of allylic oxidation sites excluding steroid dienone is 1. The quantitative estimate of drug-likeness (QED) is 0.612. The van der Waals surface area contributed by atoms with E-state index in [0.29, 0.717) is 6.10 Å². The predicted molar refractivity (Wildman–Crippen MR) is 59.1 cm³/mol. The van der Waals surface area contributed by atoms with E-state index < -0.39 is 0 Å². The average molecular weight is 194 g/mol. The van der Waals surface area contributed by atoms with Crippen LogP contribution in [0.4, 0.5) is 0 Å². The molecule has 1 fully saturated rings. The molecule has 1 saturated carbocycles. The van der Waals surface area contributed by atoms with Crippen molar-refractivity contribution < 1.29 is 4.74 Å². The van der Waals surface area contributed by atoms with Crippen LogP contribution in [-0.2, 0) is 4.74 Å². The summed E-state index contributed by atoms with van der Waals surface area (Å²) in [6.07, 6.45) is 13.7. The van der Waals surface area contributed by atoms with E-state index in [1.54, 1.807) is 0 Å². The van der Waals surface area contributed by atoms with Gasteiger partial charge in [0.05, 0.1) is 5.76 Å². The second-order valence-electron chi connectivity index (χ2n) is 4.65. The molecule has 2 unspecified atom stereocenters. The molecular formula is C13H22O. The Morgan fingerprint density at radius 3 is 2.64 bits per heavy atom. The standard InChI is InChI=1S/C13H22O/c1-2-12-10-11-8-6-4-3-5-7-9-13(11)14-12/h10-11,13H,2-9H2,1H3. The lowest BCUT2D eigenvalue weighted by Crippen LogP contribution is -2.16. The van der Waals surface area contributed by atoms with E-state index in [4.69, 9.17) is 4.74 Å². The summed E-state index contributed by atoms with van der Waals surface area (Å²) in [5, 5.41) is 0. The first-order valence-corrected chi connectivity index (χ1v) is 6.27. The van der Waals surface area contributed by atoms with Crippen LogP contribution in [0, 0.1) is 5.92 Å². The number of fused-ring (bicyclic) bond motifs is 1. The number of hydrogen-bond donors (Lipinski definition) is 0. The minimum Gasteiger partial charge on any atom is -0.494 e. The van der Waals surface area contributed by atoms with Gasteiger partial charge in [-0.2, -0.15) is 0 Å². The van der Waals surface area contributed by atoms with Crippen molar-refractivity contribution in [3.63, 3.8) is 0 Å². The van der Waals surface area contributed by atoms with Crippen LogP contribution in [0.5, 0.6) is 0 Å². The van der Waals surface area contributed by atoms with E-state index in [2.05, 4.69) is 13.0 Å². The lowest BCUT2D eigenvalue weighted by atomic mass is 9.95. The molecule has 0 aromatic heterocycles. The highest BCUT2D eigenvalue weighted by Gasteiger charge is 2.27. The summed E-state index contributed by atoms with van der Waals surface area (Å²) in [7, 11) is 0.